The predicted octanol–water partition coefficient (Wildman–Crippen LogP) is 6.00. The van der Waals surface area contributed by atoms with E-state index in [0.29, 0.717) is 6.26 Å². The first-order valence-corrected chi connectivity index (χ1v) is 28.3. The van der Waals surface area contributed by atoms with Crippen LogP contribution in [0.25, 0.3) is 20.2 Å². The summed E-state index contributed by atoms with van der Waals surface area (Å²) in [5, 5.41) is 6.00. The van der Waals surface area contributed by atoms with Crippen LogP contribution in [0.2, 0.25) is 0 Å². The fourth-order valence-corrected chi connectivity index (χ4v) is 12.0. The predicted molar refractivity (Wildman–Crippen MR) is 251 cm³/mol. The lowest BCUT2D eigenvalue weighted by Crippen LogP contribution is -2.58. The zero-order chi connectivity index (χ0) is 43.7. The number of anilines is 2. The number of hydrogen-bond acceptors (Lipinski definition) is 16. The maximum atomic E-state index is 10.9. The number of rotatable bonds is 8. The SMILES string of the molecule is C.CS(=O)(=O)OC[C@@H]1CCCC[C@H]1COS(C)(=O)=O.CS(=O)(=O)[O-].c1ccc2c(N3CCNCC3)nsc2c1.c1ccc2c(N3CC[N+]4(CC3)C[C@@H]3CCCC[C@H]3C4)nsc2c1. The van der Waals surface area contributed by atoms with E-state index in [-0.39, 0.29) is 32.5 Å². The number of nitrogens with one attached hydrogen (secondary N) is 1. The third-order valence-electron chi connectivity index (χ3n) is 12.5. The van der Waals surface area contributed by atoms with Crippen LogP contribution in [-0.4, -0.2) is 140 Å². The minimum atomic E-state index is -3.92. The molecule has 5 aliphatic rings. The van der Waals surface area contributed by atoms with Gasteiger partial charge in [0.05, 0.1) is 84.5 Å². The van der Waals surface area contributed by atoms with Gasteiger partial charge in [-0.1, -0.05) is 57.4 Å². The number of hydrogen-bond donors (Lipinski definition) is 1. The van der Waals surface area contributed by atoms with Gasteiger partial charge in [0.2, 0.25) is 0 Å². The third kappa shape index (κ3) is 15.3. The van der Waals surface area contributed by atoms with E-state index in [1.807, 2.05) is 0 Å². The van der Waals surface area contributed by atoms with E-state index in [1.54, 1.807) is 23.1 Å². The van der Waals surface area contributed by atoms with Gasteiger partial charge in [-0.15, -0.1) is 0 Å². The topological polar surface area (TPSA) is 188 Å². The molecule has 2 aromatic heterocycles. The normalized spacial score (nSPS) is 23.8. The van der Waals surface area contributed by atoms with Crippen molar-refractivity contribution >= 4 is 85.2 Å². The number of quaternary nitrogens is 1. The fraction of sp³-hybridized carbons (Fsp3) is 0.667. The number of aromatic nitrogens is 2. The minimum Gasteiger partial charge on any atom is -0.748 e. The molecule has 4 atom stereocenters. The summed E-state index contributed by atoms with van der Waals surface area (Å²) in [4.78, 5) is 4.92. The van der Waals surface area contributed by atoms with Gasteiger partial charge in [0.15, 0.2) is 5.82 Å². The molecule has 348 valence electrons. The lowest BCUT2D eigenvalue weighted by molar-refractivity contribution is -0.919. The number of nitrogens with zero attached hydrogens (tertiary/aromatic N) is 5. The molecule has 1 N–H and O–H groups in total. The molecule has 15 nitrogen and oxygen atoms in total. The Labute approximate surface area is 378 Å². The lowest BCUT2D eigenvalue weighted by Gasteiger charge is -2.42. The van der Waals surface area contributed by atoms with Gasteiger partial charge in [0.25, 0.3) is 20.2 Å². The van der Waals surface area contributed by atoms with Gasteiger partial charge >= 0.3 is 0 Å². The van der Waals surface area contributed by atoms with Crippen molar-refractivity contribution in [3.63, 3.8) is 0 Å². The van der Waals surface area contributed by atoms with Gasteiger partial charge in [-0.2, -0.15) is 25.6 Å². The first kappa shape index (κ1) is 50.5. The molecule has 0 amide bonds. The van der Waals surface area contributed by atoms with Gasteiger partial charge in [0, 0.05) is 55.0 Å². The van der Waals surface area contributed by atoms with E-state index in [9.17, 15) is 16.8 Å². The summed E-state index contributed by atoms with van der Waals surface area (Å²) in [6.45, 7) is 12.4. The first-order valence-electron chi connectivity index (χ1n) is 21.3. The van der Waals surface area contributed by atoms with Crippen molar-refractivity contribution in [1.82, 2.24) is 14.1 Å². The highest BCUT2D eigenvalue weighted by molar-refractivity contribution is 7.86. The highest BCUT2D eigenvalue weighted by Crippen LogP contribution is 2.41. The molecular formula is C42H66N6O9S5. The average Bonchev–Trinajstić information content (AvgIpc) is 3.95. The summed E-state index contributed by atoms with van der Waals surface area (Å²) in [6, 6.07) is 17.1. The Morgan fingerprint density at radius 3 is 1.47 bits per heavy atom. The summed E-state index contributed by atoms with van der Waals surface area (Å²) in [6.07, 6.45) is 12.3. The van der Waals surface area contributed by atoms with Crippen molar-refractivity contribution < 1.29 is 42.7 Å². The smallest absolute Gasteiger partial charge is 0.264 e. The van der Waals surface area contributed by atoms with E-state index in [4.69, 9.17) is 25.7 Å². The van der Waals surface area contributed by atoms with E-state index in [1.165, 1.54) is 95.4 Å². The molecule has 20 heteroatoms. The number of fused-ring (bicyclic) bond motifs is 3. The van der Waals surface area contributed by atoms with E-state index < -0.39 is 30.4 Å². The second-order valence-electron chi connectivity index (χ2n) is 17.2. The van der Waals surface area contributed by atoms with Crippen molar-refractivity contribution in [2.45, 2.75) is 58.8 Å². The molecular weight excluding hydrogens is 893 g/mol. The Morgan fingerprint density at radius 1 is 0.661 bits per heavy atom. The summed E-state index contributed by atoms with van der Waals surface area (Å²) >= 11 is 3.25. The lowest BCUT2D eigenvalue weighted by atomic mass is 9.80. The molecule has 2 saturated carbocycles. The highest BCUT2D eigenvalue weighted by atomic mass is 32.2. The molecule has 62 heavy (non-hydrogen) atoms. The van der Waals surface area contributed by atoms with Crippen molar-refractivity contribution in [2.24, 2.45) is 23.7 Å². The molecule has 0 unspecified atom stereocenters. The van der Waals surface area contributed by atoms with Crippen LogP contribution >= 0.6 is 23.1 Å². The Hall–Kier alpha value is -2.53. The van der Waals surface area contributed by atoms with Crippen LogP contribution in [-0.2, 0) is 38.7 Å². The summed E-state index contributed by atoms with van der Waals surface area (Å²) in [7, 11) is -10.8. The average molecular weight is 959 g/mol. The number of benzene rings is 2. The van der Waals surface area contributed by atoms with Crippen LogP contribution in [0.3, 0.4) is 0 Å². The fourth-order valence-electron chi connectivity index (χ4n) is 9.52. The van der Waals surface area contributed by atoms with Crippen molar-refractivity contribution in [3.8, 4) is 0 Å². The summed E-state index contributed by atoms with van der Waals surface area (Å²) in [5.74, 6) is 4.55. The molecule has 2 aliphatic carbocycles. The summed E-state index contributed by atoms with van der Waals surface area (Å²) < 4.78 is 94.0. The third-order valence-corrected chi connectivity index (χ3v) is 15.3. The molecule has 5 fully saturated rings. The highest BCUT2D eigenvalue weighted by Gasteiger charge is 2.47. The van der Waals surface area contributed by atoms with Gasteiger partial charge < -0.3 is 24.2 Å². The van der Waals surface area contributed by atoms with Gasteiger partial charge in [0.1, 0.15) is 5.82 Å². The zero-order valence-corrected chi connectivity index (χ0v) is 39.6. The van der Waals surface area contributed by atoms with Crippen LogP contribution in [0.5, 0.6) is 0 Å². The maximum absolute atomic E-state index is 10.9. The van der Waals surface area contributed by atoms with Crippen LogP contribution in [0.4, 0.5) is 11.6 Å². The molecule has 2 aromatic carbocycles. The quantitative estimate of drug-likeness (QED) is 0.123. The van der Waals surface area contributed by atoms with Crippen LogP contribution in [0.1, 0.15) is 58.8 Å². The van der Waals surface area contributed by atoms with Crippen LogP contribution in [0.15, 0.2) is 48.5 Å². The van der Waals surface area contributed by atoms with Gasteiger partial charge in [-0.05, 0) is 84.8 Å². The second-order valence-corrected chi connectivity index (χ2v) is 23.5. The van der Waals surface area contributed by atoms with Crippen molar-refractivity contribution in [3.05, 3.63) is 48.5 Å². The molecule has 0 radical (unpaired) electrons. The molecule has 9 rings (SSSR count). The molecule has 0 bridgehead atoms. The van der Waals surface area contributed by atoms with Crippen molar-refractivity contribution in [2.75, 3.05) is 107 Å². The molecule has 1 spiro atoms. The standard InChI is InChI=1S/C19H26N3S.C11H13N3S.C10H20O6S2.CH4O3S.CH4/c1-2-6-16-14-22(13-15(16)5-1)11-9-21(10-12-22)19-17-7-3-4-8-18(17)23-20-19;1-2-4-10-9(3-1)11(13-15-10)14-7-5-12-6-8-14;1-17(11,12)15-7-9-5-3-4-6-10(9)8-16-18(2,13)14;1-5(2,3)4;/h3-4,7-8,15-16H,1-2,5-6,9-14H2;1-4,12H,5-8H2;9-10H,3-8H2,1-2H3;1H3,(H,2,3,4);1H4/q+1;;;;/p-1/t15-,16-;;9-,10-;;/m0.0../s1. The monoisotopic (exact) mass is 958 g/mol. The van der Waals surface area contributed by atoms with Crippen molar-refractivity contribution in [1.29, 1.82) is 0 Å². The first-order chi connectivity index (χ1) is 29.0. The minimum absolute atomic E-state index is 0. The Bertz CT molecular complexity index is 2280. The molecule has 3 saturated heterocycles. The maximum Gasteiger partial charge on any atom is 0.264 e. The summed E-state index contributed by atoms with van der Waals surface area (Å²) in [5.41, 5.74) is 0. The number of piperazine rings is 2. The second kappa shape index (κ2) is 22.6. The Kier molecular flexibility index (Phi) is 18.4. The Morgan fingerprint density at radius 2 is 1.05 bits per heavy atom. The molecule has 3 aliphatic heterocycles. The largest absolute Gasteiger partial charge is 0.748 e. The van der Waals surface area contributed by atoms with E-state index >= 15 is 0 Å². The van der Waals surface area contributed by atoms with Crippen LogP contribution in [0, 0.1) is 23.7 Å². The van der Waals surface area contributed by atoms with Gasteiger partial charge in [-0.3, -0.25) is 8.37 Å². The van der Waals surface area contributed by atoms with E-state index in [2.05, 4.69) is 68.0 Å². The zero-order valence-electron chi connectivity index (χ0n) is 35.5. The Balaban J connectivity index is 0.000000169. The molecule has 4 aromatic rings. The van der Waals surface area contributed by atoms with E-state index in [0.717, 1.165) is 82.0 Å². The molecule has 5 heterocycles. The van der Waals surface area contributed by atoms with Crippen LogP contribution < -0.4 is 15.1 Å². The van der Waals surface area contributed by atoms with Gasteiger partial charge in [-0.25, -0.2) is 8.42 Å².